The molecule has 0 aliphatic carbocycles. The Labute approximate surface area is 170 Å². The molecular formula is C21H26N2O4S. The van der Waals surface area contributed by atoms with Crippen molar-refractivity contribution in [2.24, 2.45) is 0 Å². The quantitative estimate of drug-likeness (QED) is 0.440. The Bertz CT molecular complexity index is 783. The lowest BCUT2D eigenvalue weighted by molar-refractivity contribution is -0.142. The van der Waals surface area contributed by atoms with E-state index >= 15 is 0 Å². The fourth-order valence-electron chi connectivity index (χ4n) is 2.71. The monoisotopic (exact) mass is 402 g/mol. The van der Waals surface area contributed by atoms with Gasteiger partial charge in [-0.05, 0) is 31.7 Å². The maximum atomic E-state index is 12.5. The number of benzene rings is 1. The van der Waals surface area contributed by atoms with Gasteiger partial charge in [-0.1, -0.05) is 30.3 Å². The summed E-state index contributed by atoms with van der Waals surface area (Å²) in [6, 6.07) is 11.8. The summed E-state index contributed by atoms with van der Waals surface area (Å²) >= 11 is 1.49. The molecule has 0 fully saturated rings. The number of ether oxygens (including phenoxy) is 2. The number of anilines is 1. The van der Waals surface area contributed by atoms with Crippen LogP contribution >= 0.6 is 11.8 Å². The zero-order valence-electron chi connectivity index (χ0n) is 16.5. The molecule has 1 aromatic heterocycles. The van der Waals surface area contributed by atoms with Crippen LogP contribution in [0.4, 0.5) is 5.69 Å². The molecule has 2 aromatic rings. The van der Waals surface area contributed by atoms with E-state index in [2.05, 4.69) is 4.98 Å². The van der Waals surface area contributed by atoms with Gasteiger partial charge >= 0.3 is 11.9 Å². The topological polar surface area (TPSA) is 68.7 Å². The summed E-state index contributed by atoms with van der Waals surface area (Å²) in [4.78, 5) is 30.7. The van der Waals surface area contributed by atoms with Crippen molar-refractivity contribution in [2.45, 2.75) is 31.8 Å². The molecule has 2 rings (SSSR count). The van der Waals surface area contributed by atoms with Gasteiger partial charge in [0.15, 0.2) is 0 Å². The third kappa shape index (κ3) is 6.27. The average Bonchev–Trinajstić information content (AvgIpc) is 2.71. The minimum atomic E-state index is -0.424. The second-order valence-corrected chi connectivity index (χ2v) is 6.75. The summed E-state index contributed by atoms with van der Waals surface area (Å²) in [6.07, 6.45) is 3.69. The molecule has 0 saturated heterocycles. The molecule has 7 heteroatoms. The van der Waals surface area contributed by atoms with Crippen LogP contribution in [0.15, 0.2) is 47.6 Å². The number of esters is 2. The number of pyridine rings is 1. The van der Waals surface area contributed by atoms with Gasteiger partial charge < -0.3 is 14.4 Å². The van der Waals surface area contributed by atoms with Crippen LogP contribution in [0.3, 0.4) is 0 Å². The second-order valence-electron chi connectivity index (χ2n) is 5.93. The highest BCUT2D eigenvalue weighted by molar-refractivity contribution is 7.98. The minimum absolute atomic E-state index is 0.222. The van der Waals surface area contributed by atoms with Gasteiger partial charge in [0.25, 0.3) is 0 Å². The Balaban J connectivity index is 2.38. The standard InChI is InChI=1S/C21H26N2O4S/c1-4-26-20(24)11-12-23(15-16-9-7-6-8-10-16)18-13-19(28-3)22-14-17(18)21(25)27-5-2/h6-10,13-14H,4-5,11-12,15H2,1-3H3. The molecule has 0 unspecified atom stereocenters. The lowest BCUT2D eigenvalue weighted by Crippen LogP contribution is -2.28. The molecule has 1 aromatic carbocycles. The van der Waals surface area contributed by atoms with Crippen LogP contribution in [0.25, 0.3) is 0 Å². The first kappa shape index (κ1) is 21.8. The first-order valence-corrected chi connectivity index (χ1v) is 10.5. The fourth-order valence-corrected chi connectivity index (χ4v) is 3.10. The van der Waals surface area contributed by atoms with E-state index in [1.165, 1.54) is 11.8 Å². The Hall–Kier alpha value is -2.54. The highest BCUT2D eigenvalue weighted by atomic mass is 32.2. The average molecular weight is 403 g/mol. The van der Waals surface area contributed by atoms with Crippen molar-refractivity contribution in [1.29, 1.82) is 0 Å². The van der Waals surface area contributed by atoms with Crippen LogP contribution in [0.5, 0.6) is 0 Å². The maximum absolute atomic E-state index is 12.5. The van der Waals surface area contributed by atoms with Crippen molar-refractivity contribution in [1.82, 2.24) is 4.98 Å². The van der Waals surface area contributed by atoms with Crippen LogP contribution in [-0.4, -0.2) is 42.9 Å². The molecule has 0 saturated carbocycles. The number of nitrogens with zero attached hydrogens (tertiary/aromatic N) is 2. The van der Waals surface area contributed by atoms with E-state index in [4.69, 9.17) is 9.47 Å². The molecule has 1 heterocycles. The third-order valence-corrected chi connectivity index (χ3v) is 4.65. The first-order chi connectivity index (χ1) is 13.6. The van der Waals surface area contributed by atoms with Crippen LogP contribution in [-0.2, 0) is 20.8 Å². The van der Waals surface area contributed by atoms with E-state index in [-0.39, 0.29) is 19.0 Å². The van der Waals surface area contributed by atoms with Crippen LogP contribution in [0, 0.1) is 0 Å². The van der Waals surface area contributed by atoms with Crippen LogP contribution in [0.1, 0.15) is 36.2 Å². The number of thioether (sulfide) groups is 1. The second kappa shape index (κ2) is 11.3. The van der Waals surface area contributed by atoms with Gasteiger partial charge in [-0.15, -0.1) is 11.8 Å². The molecule has 0 amide bonds. The maximum Gasteiger partial charge on any atom is 0.341 e. The van der Waals surface area contributed by atoms with Crippen LogP contribution in [0.2, 0.25) is 0 Å². The van der Waals surface area contributed by atoms with Crippen molar-refractivity contribution >= 4 is 29.4 Å². The summed E-state index contributed by atoms with van der Waals surface area (Å²) in [5.74, 6) is -0.691. The van der Waals surface area contributed by atoms with Crippen molar-refractivity contribution in [3.05, 3.63) is 53.7 Å². The SMILES string of the molecule is CCOC(=O)CCN(Cc1ccccc1)c1cc(SC)ncc1C(=O)OCC. The summed E-state index contributed by atoms with van der Waals surface area (Å²) in [6.45, 7) is 5.14. The van der Waals surface area contributed by atoms with Gasteiger partial charge in [0, 0.05) is 19.3 Å². The molecule has 0 aliphatic heterocycles. The highest BCUT2D eigenvalue weighted by Gasteiger charge is 2.20. The van der Waals surface area contributed by atoms with Gasteiger partial charge in [0.05, 0.1) is 30.3 Å². The zero-order valence-corrected chi connectivity index (χ0v) is 17.3. The third-order valence-electron chi connectivity index (χ3n) is 4.01. The number of hydrogen-bond acceptors (Lipinski definition) is 7. The molecule has 0 bridgehead atoms. The van der Waals surface area contributed by atoms with Crippen LogP contribution < -0.4 is 4.90 Å². The van der Waals surface area contributed by atoms with E-state index in [1.807, 2.05) is 47.6 Å². The molecule has 150 valence electrons. The molecule has 0 N–H and O–H groups in total. The number of rotatable bonds is 10. The number of carbonyl (C=O) groups excluding carboxylic acids is 2. The number of aromatic nitrogens is 1. The van der Waals surface area contributed by atoms with Crippen molar-refractivity contribution in [3.8, 4) is 0 Å². The Kier molecular flexibility index (Phi) is 8.81. The van der Waals surface area contributed by atoms with Gasteiger partial charge in [0.2, 0.25) is 0 Å². The van der Waals surface area contributed by atoms with Crippen molar-refractivity contribution in [3.63, 3.8) is 0 Å². The summed E-state index contributed by atoms with van der Waals surface area (Å²) in [7, 11) is 0. The van der Waals surface area contributed by atoms with E-state index in [1.54, 1.807) is 20.0 Å². The number of hydrogen-bond donors (Lipinski definition) is 0. The fraction of sp³-hybridized carbons (Fsp3) is 0.381. The minimum Gasteiger partial charge on any atom is -0.466 e. The van der Waals surface area contributed by atoms with Gasteiger partial charge in [0.1, 0.15) is 5.56 Å². The van der Waals surface area contributed by atoms with E-state index in [9.17, 15) is 9.59 Å². The largest absolute Gasteiger partial charge is 0.466 e. The van der Waals surface area contributed by atoms with Gasteiger partial charge in [-0.2, -0.15) is 0 Å². The molecule has 6 nitrogen and oxygen atoms in total. The van der Waals surface area contributed by atoms with E-state index in [0.29, 0.717) is 30.9 Å². The number of carbonyl (C=O) groups is 2. The predicted molar refractivity (Wildman–Crippen MR) is 111 cm³/mol. The summed E-state index contributed by atoms with van der Waals surface area (Å²) in [5, 5.41) is 0.789. The normalized spacial score (nSPS) is 10.4. The van der Waals surface area contributed by atoms with Gasteiger partial charge in [-0.25, -0.2) is 9.78 Å². The van der Waals surface area contributed by atoms with Crippen molar-refractivity contribution < 1.29 is 19.1 Å². The molecule has 0 atom stereocenters. The Morgan fingerprint density at radius 1 is 1.11 bits per heavy atom. The lowest BCUT2D eigenvalue weighted by atomic mass is 10.1. The zero-order chi connectivity index (χ0) is 20.4. The molecule has 0 aliphatic rings. The van der Waals surface area contributed by atoms with Crippen molar-refractivity contribution in [2.75, 3.05) is 30.9 Å². The van der Waals surface area contributed by atoms with E-state index in [0.717, 1.165) is 10.6 Å². The summed E-state index contributed by atoms with van der Waals surface area (Å²) < 4.78 is 10.3. The lowest BCUT2D eigenvalue weighted by Gasteiger charge is -2.27. The molecule has 28 heavy (non-hydrogen) atoms. The smallest absolute Gasteiger partial charge is 0.341 e. The molecule has 0 radical (unpaired) electrons. The first-order valence-electron chi connectivity index (χ1n) is 9.24. The highest BCUT2D eigenvalue weighted by Crippen LogP contribution is 2.27. The molecule has 0 spiro atoms. The van der Waals surface area contributed by atoms with Gasteiger partial charge in [-0.3, -0.25) is 4.79 Å². The predicted octanol–water partition coefficient (Wildman–Crippen LogP) is 3.94. The van der Waals surface area contributed by atoms with E-state index < -0.39 is 5.97 Å². The Morgan fingerprint density at radius 3 is 2.46 bits per heavy atom. The Morgan fingerprint density at radius 2 is 1.82 bits per heavy atom. The molecular weight excluding hydrogens is 376 g/mol. The summed E-state index contributed by atoms with van der Waals surface area (Å²) in [5.41, 5.74) is 2.16.